The van der Waals surface area contributed by atoms with Crippen molar-refractivity contribution in [2.45, 2.75) is 31.1 Å². The van der Waals surface area contributed by atoms with Crippen molar-refractivity contribution >= 4 is 10.0 Å². The molecular formula is C8H17NO4S. The number of hydrogen-bond acceptors (Lipinski definition) is 4. The number of rotatable bonds is 4. The first-order chi connectivity index (χ1) is 6.56. The van der Waals surface area contributed by atoms with Gasteiger partial charge in [0.2, 0.25) is 10.0 Å². The third-order valence-electron chi connectivity index (χ3n) is 2.25. The summed E-state index contributed by atoms with van der Waals surface area (Å²) < 4.78 is 30.9. The third-order valence-corrected chi connectivity index (χ3v) is 4.33. The molecule has 1 rings (SSSR count). The summed E-state index contributed by atoms with van der Waals surface area (Å²) in [5, 5.41) is 8.37. The monoisotopic (exact) mass is 223 g/mol. The van der Waals surface area contributed by atoms with E-state index < -0.39 is 16.1 Å². The van der Waals surface area contributed by atoms with Gasteiger partial charge in [-0.25, -0.2) is 13.1 Å². The van der Waals surface area contributed by atoms with E-state index >= 15 is 0 Å². The van der Waals surface area contributed by atoms with Gasteiger partial charge in [-0.2, -0.15) is 0 Å². The Kier molecular flexibility index (Phi) is 4.31. The minimum absolute atomic E-state index is 0.178. The SMILES string of the molecule is C[C@@H](CO)NS(=O)(=O)C1CCOCC1. The standard InChI is InChI=1S/C8H17NO4S/c1-7(6-10)9-14(11,12)8-2-4-13-5-3-8/h7-10H,2-6H2,1H3/t7-/m0/s1. The smallest absolute Gasteiger partial charge is 0.214 e. The fourth-order valence-corrected chi connectivity index (χ4v) is 3.04. The van der Waals surface area contributed by atoms with Gasteiger partial charge in [-0.3, -0.25) is 0 Å². The summed E-state index contributed by atoms with van der Waals surface area (Å²) in [6.45, 7) is 2.46. The molecular weight excluding hydrogens is 206 g/mol. The van der Waals surface area contributed by atoms with Crippen LogP contribution in [0.2, 0.25) is 0 Å². The van der Waals surface area contributed by atoms with Crippen molar-refractivity contribution in [3.05, 3.63) is 0 Å². The average Bonchev–Trinajstić information content (AvgIpc) is 2.18. The van der Waals surface area contributed by atoms with Crippen LogP contribution in [0.15, 0.2) is 0 Å². The Morgan fingerprint density at radius 3 is 2.57 bits per heavy atom. The molecule has 2 N–H and O–H groups in total. The van der Waals surface area contributed by atoms with Gasteiger partial charge in [0, 0.05) is 19.3 Å². The van der Waals surface area contributed by atoms with Crippen molar-refractivity contribution in [2.24, 2.45) is 0 Å². The molecule has 0 amide bonds. The van der Waals surface area contributed by atoms with E-state index in [4.69, 9.17) is 9.84 Å². The molecule has 14 heavy (non-hydrogen) atoms. The van der Waals surface area contributed by atoms with Gasteiger partial charge in [-0.05, 0) is 19.8 Å². The van der Waals surface area contributed by atoms with Gasteiger partial charge in [-0.1, -0.05) is 0 Å². The number of sulfonamides is 1. The van der Waals surface area contributed by atoms with E-state index in [1.165, 1.54) is 0 Å². The molecule has 6 heteroatoms. The molecule has 0 spiro atoms. The number of hydrogen-bond donors (Lipinski definition) is 2. The second-order valence-corrected chi connectivity index (χ2v) is 5.55. The van der Waals surface area contributed by atoms with Crippen molar-refractivity contribution in [3.8, 4) is 0 Å². The van der Waals surface area contributed by atoms with E-state index in [-0.39, 0.29) is 11.9 Å². The maximum Gasteiger partial charge on any atom is 0.214 e. The predicted octanol–water partition coefficient (Wildman–Crippen LogP) is -0.534. The first-order valence-electron chi connectivity index (χ1n) is 4.76. The number of nitrogens with one attached hydrogen (secondary N) is 1. The minimum atomic E-state index is -3.28. The Morgan fingerprint density at radius 1 is 1.50 bits per heavy atom. The molecule has 5 nitrogen and oxygen atoms in total. The van der Waals surface area contributed by atoms with Crippen LogP contribution in [-0.4, -0.2) is 44.6 Å². The van der Waals surface area contributed by atoms with Gasteiger partial charge in [0.05, 0.1) is 11.9 Å². The van der Waals surface area contributed by atoms with Crippen molar-refractivity contribution < 1.29 is 18.3 Å². The van der Waals surface area contributed by atoms with Crippen LogP contribution >= 0.6 is 0 Å². The summed E-state index contributed by atoms with van der Waals surface area (Å²) in [4.78, 5) is 0. The fraction of sp³-hybridized carbons (Fsp3) is 1.00. The maximum absolute atomic E-state index is 11.7. The summed E-state index contributed by atoms with van der Waals surface area (Å²) in [6.07, 6.45) is 1.07. The Bertz CT molecular complexity index is 259. The molecule has 1 aliphatic heterocycles. The number of aliphatic hydroxyl groups is 1. The zero-order valence-electron chi connectivity index (χ0n) is 8.27. The lowest BCUT2D eigenvalue weighted by atomic mass is 10.2. The van der Waals surface area contributed by atoms with Crippen LogP contribution in [0.4, 0.5) is 0 Å². The van der Waals surface area contributed by atoms with Crippen LogP contribution in [0.25, 0.3) is 0 Å². The van der Waals surface area contributed by atoms with E-state index in [2.05, 4.69) is 4.72 Å². The topological polar surface area (TPSA) is 75.6 Å². The first-order valence-corrected chi connectivity index (χ1v) is 6.30. The summed E-state index contributed by atoms with van der Waals surface area (Å²) >= 11 is 0. The lowest BCUT2D eigenvalue weighted by Crippen LogP contribution is -2.43. The van der Waals surface area contributed by atoms with Crippen molar-refractivity contribution in [2.75, 3.05) is 19.8 Å². The van der Waals surface area contributed by atoms with Gasteiger partial charge in [-0.15, -0.1) is 0 Å². The Labute approximate surface area is 84.5 Å². The van der Waals surface area contributed by atoms with Crippen molar-refractivity contribution in [1.82, 2.24) is 4.72 Å². The lowest BCUT2D eigenvalue weighted by Gasteiger charge is -2.23. The second kappa shape index (κ2) is 5.06. The molecule has 1 heterocycles. The molecule has 0 aromatic rings. The highest BCUT2D eigenvalue weighted by molar-refractivity contribution is 7.90. The van der Waals surface area contributed by atoms with Crippen LogP contribution in [-0.2, 0) is 14.8 Å². The van der Waals surface area contributed by atoms with E-state index in [0.29, 0.717) is 26.1 Å². The molecule has 1 fully saturated rings. The molecule has 1 saturated heterocycles. The molecule has 1 aliphatic rings. The molecule has 0 saturated carbocycles. The molecule has 0 aromatic carbocycles. The summed E-state index contributed by atoms with van der Waals surface area (Å²) in [5.74, 6) is 0. The van der Waals surface area contributed by atoms with Crippen molar-refractivity contribution in [3.63, 3.8) is 0 Å². The lowest BCUT2D eigenvalue weighted by molar-refractivity contribution is 0.0980. The van der Waals surface area contributed by atoms with E-state index in [1.54, 1.807) is 6.92 Å². The first kappa shape index (κ1) is 11.9. The largest absolute Gasteiger partial charge is 0.395 e. The highest BCUT2D eigenvalue weighted by atomic mass is 32.2. The molecule has 0 bridgehead atoms. The number of ether oxygens (including phenoxy) is 1. The Morgan fingerprint density at radius 2 is 2.07 bits per heavy atom. The third kappa shape index (κ3) is 3.20. The van der Waals surface area contributed by atoms with Crippen LogP contribution in [0.3, 0.4) is 0 Å². The fourth-order valence-electron chi connectivity index (χ4n) is 1.40. The zero-order chi connectivity index (χ0) is 10.6. The summed E-state index contributed by atoms with van der Waals surface area (Å²) in [7, 11) is -3.28. The Hall–Kier alpha value is -0.170. The van der Waals surface area contributed by atoms with E-state index in [0.717, 1.165) is 0 Å². The maximum atomic E-state index is 11.7. The summed E-state index contributed by atoms with van der Waals surface area (Å²) in [6, 6.07) is -0.414. The summed E-state index contributed by atoms with van der Waals surface area (Å²) in [5.41, 5.74) is 0. The molecule has 0 aromatic heterocycles. The quantitative estimate of drug-likeness (QED) is 0.671. The van der Waals surface area contributed by atoms with Gasteiger partial charge in [0.25, 0.3) is 0 Å². The van der Waals surface area contributed by atoms with Crippen LogP contribution in [0.1, 0.15) is 19.8 Å². The van der Waals surface area contributed by atoms with E-state index in [9.17, 15) is 8.42 Å². The highest BCUT2D eigenvalue weighted by Gasteiger charge is 2.28. The predicted molar refractivity (Wildman–Crippen MR) is 52.4 cm³/mol. The van der Waals surface area contributed by atoms with Crippen LogP contribution in [0.5, 0.6) is 0 Å². The van der Waals surface area contributed by atoms with Crippen LogP contribution in [0, 0.1) is 0 Å². The highest BCUT2D eigenvalue weighted by Crippen LogP contribution is 2.14. The average molecular weight is 223 g/mol. The second-order valence-electron chi connectivity index (χ2n) is 3.56. The normalized spacial score (nSPS) is 22.1. The Balaban J connectivity index is 2.54. The van der Waals surface area contributed by atoms with Gasteiger partial charge < -0.3 is 9.84 Å². The number of aliphatic hydroxyl groups excluding tert-OH is 1. The van der Waals surface area contributed by atoms with E-state index in [1.807, 2.05) is 0 Å². The molecule has 0 aliphatic carbocycles. The van der Waals surface area contributed by atoms with Gasteiger partial charge in [0.15, 0.2) is 0 Å². The van der Waals surface area contributed by atoms with Gasteiger partial charge in [0.1, 0.15) is 0 Å². The molecule has 84 valence electrons. The zero-order valence-corrected chi connectivity index (χ0v) is 9.09. The van der Waals surface area contributed by atoms with Crippen LogP contribution < -0.4 is 4.72 Å². The molecule has 0 radical (unpaired) electrons. The van der Waals surface area contributed by atoms with Gasteiger partial charge >= 0.3 is 0 Å². The molecule has 1 atom stereocenters. The van der Waals surface area contributed by atoms with Crippen molar-refractivity contribution in [1.29, 1.82) is 0 Å². The minimum Gasteiger partial charge on any atom is -0.395 e. The molecule has 0 unspecified atom stereocenters.